The first-order valence-corrected chi connectivity index (χ1v) is 4.94. The number of hydrogen-bond donors (Lipinski definition) is 2. The molecule has 0 radical (unpaired) electrons. The second-order valence-electron chi connectivity index (χ2n) is 2.17. The molecule has 0 aromatic carbocycles. The number of carbonyl (C=O) groups is 3. The highest BCUT2D eigenvalue weighted by atomic mass is 35.5. The lowest BCUT2D eigenvalue weighted by atomic mass is 10.5. The highest BCUT2D eigenvalue weighted by Gasteiger charge is 1.89. The smallest absolute Gasteiger partial charge is 0.328 e. The van der Waals surface area contributed by atoms with Gasteiger partial charge in [-0.15, -0.1) is 0 Å². The van der Waals surface area contributed by atoms with E-state index in [0.717, 1.165) is 6.26 Å². The SMILES string of the molecule is C=CCl.C=COC(=O)CC.O=C(O)/C=C\C(=O)O. The van der Waals surface area contributed by atoms with Gasteiger partial charge in [0.25, 0.3) is 0 Å². The van der Waals surface area contributed by atoms with Crippen molar-refractivity contribution < 1.29 is 29.3 Å². The number of carbonyl (C=O) groups excluding carboxylic acids is 1. The van der Waals surface area contributed by atoms with Crippen molar-refractivity contribution in [3.63, 3.8) is 0 Å². The molecule has 2 N–H and O–H groups in total. The van der Waals surface area contributed by atoms with Gasteiger partial charge in [-0.3, -0.25) is 4.79 Å². The lowest BCUT2D eigenvalue weighted by molar-refractivity contribution is -0.137. The minimum absolute atomic E-state index is 0.241. The summed E-state index contributed by atoms with van der Waals surface area (Å²) in [6.07, 6.45) is 2.66. The van der Waals surface area contributed by atoms with Crippen molar-refractivity contribution in [2.75, 3.05) is 0 Å². The van der Waals surface area contributed by atoms with E-state index >= 15 is 0 Å². The molecule has 0 aromatic heterocycles. The van der Waals surface area contributed by atoms with Crippen molar-refractivity contribution in [1.82, 2.24) is 0 Å². The van der Waals surface area contributed by atoms with Gasteiger partial charge in [0.05, 0.1) is 6.26 Å². The summed E-state index contributed by atoms with van der Waals surface area (Å²) in [6.45, 7) is 8.06. The van der Waals surface area contributed by atoms with Gasteiger partial charge in [0, 0.05) is 18.6 Å². The molecule has 18 heavy (non-hydrogen) atoms. The number of halogens is 1. The molecule has 0 aliphatic heterocycles. The average molecular weight is 279 g/mol. The molecule has 0 aliphatic rings. The zero-order chi connectivity index (χ0) is 15.0. The van der Waals surface area contributed by atoms with E-state index in [-0.39, 0.29) is 5.97 Å². The molecule has 0 aliphatic carbocycles. The van der Waals surface area contributed by atoms with Crippen LogP contribution >= 0.6 is 11.6 Å². The number of aliphatic carboxylic acids is 2. The van der Waals surface area contributed by atoms with E-state index in [1.807, 2.05) is 0 Å². The van der Waals surface area contributed by atoms with Gasteiger partial charge in [0.2, 0.25) is 0 Å². The van der Waals surface area contributed by atoms with Crippen LogP contribution in [-0.4, -0.2) is 28.1 Å². The fourth-order valence-electron chi connectivity index (χ4n) is 0.319. The topological polar surface area (TPSA) is 101 Å². The lowest BCUT2D eigenvalue weighted by Crippen LogP contribution is -1.94. The van der Waals surface area contributed by atoms with Crippen LogP contribution in [0.25, 0.3) is 0 Å². The first-order chi connectivity index (χ1) is 8.35. The zero-order valence-electron chi connectivity index (χ0n) is 9.84. The minimum Gasteiger partial charge on any atom is -0.478 e. The molecule has 0 heterocycles. The maximum atomic E-state index is 10.1. The molecule has 102 valence electrons. The Morgan fingerprint density at radius 1 is 1.17 bits per heavy atom. The Morgan fingerprint density at radius 3 is 1.61 bits per heavy atom. The van der Waals surface area contributed by atoms with Gasteiger partial charge >= 0.3 is 17.9 Å². The molecule has 6 nitrogen and oxygen atoms in total. The normalized spacial score (nSPS) is 7.89. The molecule has 0 fully saturated rings. The van der Waals surface area contributed by atoms with Crippen LogP contribution in [0, 0.1) is 0 Å². The van der Waals surface area contributed by atoms with Crippen LogP contribution in [0.15, 0.2) is 37.1 Å². The third-order valence-corrected chi connectivity index (χ3v) is 0.872. The predicted molar refractivity (Wildman–Crippen MR) is 67.0 cm³/mol. The molecule has 0 spiro atoms. The summed E-state index contributed by atoms with van der Waals surface area (Å²) in [5.41, 5.74) is 1.22. The highest BCUT2D eigenvalue weighted by molar-refractivity contribution is 6.25. The Hall–Kier alpha value is -2.08. The van der Waals surface area contributed by atoms with Crippen molar-refractivity contribution in [3.05, 3.63) is 37.1 Å². The monoisotopic (exact) mass is 278 g/mol. The van der Waals surface area contributed by atoms with E-state index < -0.39 is 11.9 Å². The zero-order valence-corrected chi connectivity index (χ0v) is 10.6. The molecule has 0 amide bonds. The second kappa shape index (κ2) is 17.3. The average Bonchev–Trinajstić information content (AvgIpc) is 2.28. The number of rotatable bonds is 4. The van der Waals surface area contributed by atoms with E-state index in [2.05, 4.69) is 17.9 Å². The van der Waals surface area contributed by atoms with E-state index in [4.69, 9.17) is 21.8 Å². The Morgan fingerprint density at radius 2 is 1.50 bits per heavy atom. The maximum absolute atomic E-state index is 10.1. The molecule has 0 rings (SSSR count). The van der Waals surface area contributed by atoms with Crippen molar-refractivity contribution in [1.29, 1.82) is 0 Å². The number of carboxylic acid groups (broad SMARTS) is 2. The fourth-order valence-corrected chi connectivity index (χ4v) is 0.319. The van der Waals surface area contributed by atoms with E-state index in [9.17, 15) is 14.4 Å². The van der Waals surface area contributed by atoms with Crippen molar-refractivity contribution >= 4 is 29.5 Å². The van der Waals surface area contributed by atoms with E-state index in [0.29, 0.717) is 18.6 Å². The Labute approximate surface area is 110 Å². The number of hydrogen-bond acceptors (Lipinski definition) is 4. The van der Waals surface area contributed by atoms with Gasteiger partial charge in [0.15, 0.2) is 0 Å². The van der Waals surface area contributed by atoms with Crippen LogP contribution < -0.4 is 0 Å². The summed E-state index contributed by atoms with van der Waals surface area (Å²) in [6, 6.07) is 0. The Bertz CT molecular complexity index is 293. The van der Waals surface area contributed by atoms with Crippen LogP contribution in [0.3, 0.4) is 0 Å². The number of carboxylic acids is 2. The molecule has 7 heteroatoms. The highest BCUT2D eigenvalue weighted by Crippen LogP contribution is 1.81. The lowest BCUT2D eigenvalue weighted by Gasteiger charge is -1.88. The number of esters is 1. The Balaban J connectivity index is -0.000000207. The second-order valence-corrected chi connectivity index (χ2v) is 2.48. The van der Waals surface area contributed by atoms with Crippen LogP contribution in [0.5, 0.6) is 0 Å². The third kappa shape index (κ3) is 37.0. The molecule has 0 saturated carbocycles. The van der Waals surface area contributed by atoms with Gasteiger partial charge in [-0.1, -0.05) is 31.7 Å². The minimum atomic E-state index is -1.26. The summed E-state index contributed by atoms with van der Waals surface area (Å²) in [7, 11) is 0. The van der Waals surface area contributed by atoms with Crippen molar-refractivity contribution in [2.24, 2.45) is 0 Å². The molecular formula is C11H15ClO6. The van der Waals surface area contributed by atoms with Gasteiger partial charge < -0.3 is 14.9 Å². The largest absolute Gasteiger partial charge is 0.478 e. The quantitative estimate of drug-likeness (QED) is 0.464. The van der Waals surface area contributed by atoms with Crippen LogP contribution in [0.1, 0.15) is 13.3 Å². The molecular weight excluding hydrogens is 264 g/mol. The standard InChI is InChI=1S/C5H8O2.C4H4O4.C2H3Cl/c1-3-5(6)7-4-2;5-3(6)1-2-4(7)8;1-2-3/h4H,2-3H2,1H3;1-2H,(H,5,6)(H,7,8);2H,1H2/b;2-1-;. The Kier molecular flexibility index (Phi) is 20.4. The molecule has 0 saturated heterocycles. The molecule has 0 unspecified atom stereocenters. The summed E-state index contributed by atoms with van der Waals surface area (Å²) in [5, 5.41) is 15.6. The fraction of sp³-hybridized carbons (Fsp3) is 0.182. The van der Waals surface area contributed by atoms with Crippen LogP contribution in [0.4, 0.5) is 0 Å². The van der Waals surface area contributed by atoms with Crippen molar-refractivity contribution in [2.45, 2.75) is 13.3 Å². The number of ether oxygens (including phenoxy) is 1. The van der Waals surface area contributed by atoms with Crippen LogP contribution in [0.2, 0.25) is 0 Å². The third-order valence-electron chi connectivity index (χ3n) is 0.872. The summed E-state index contributed by atoms with van der Waals surface area (Å²) >= 11 is 4.76. The molecule has 0 atom stereocenters. The van der Waals surface area contributed by atoms with Gasteiger partial charge in [0.1, 0.15) is 0 Å². The summed E-state index contributed by atoms with van der Waals surface area (Å²) < 4.78 is 4.32. The van der Waals surface area contributed by atoms with Gasteiger partial charge in [-0.25, -0.2) is 9.59 Å². The van der Waals surface area contributed by atoms with Gasteiger partial charge in [-0.2, -0.15) is 0 Å². The summed E-state index contributed by atoms with van der Waals surface area (Å²) in [4.78, 5) is 29.2. The summed E-state index contributed by atoms with van der Waals surface area (Å²) in [5.74, 6) is -2.75. The van der Waals surface area contributed by atoms with Gasteiger partial charge in [-0.05, 0) is 5.54 Å². The predicted octanol–water partition coefficient (Wildman–Crippen LogP) is 2.16. The van der Waals surface area contributed by atoms with Crippen molar-refractivity contribution in [3.8, 4) is 0 Å². The van der Waals surface area contributed by atoms with Crippen LogP contribution in [-0.2, 0) is 19.1 Å². The first kappa shape index (κ1) is 21.2. The maximum Gasteiger partial charge on any atom is 0.328 e. The van der Waals surface area contributed by atoms with E-state index in [1.165, 1.54) is 5.54 Å². The van der Waals surface area contributed by atoms with E-state index in [1.54, 1.807) is 6.92 Å². The first-order valence-electron chi connectivity index (χ1n) is 4.51. The molecule has 0 bridgehead atoms. The molecule has 0 aromatic rings.